The summed E-state index contributed by atoms with van der Waals surface area (Å²) in [6.07, 6.45) is 3.36. The van der Waals surface area contributed by atoms with Crippen molar-refractivity contribution in [2.24, 2.45) is 0 Å². The Labute approximate surface area is 84.9 Å². The minimum Gasteiger partial charge on any atom is -0.332 e. The highest BCUT2D eigenvalue weighted by atomic mass is 127. The highest BCUT2D eigenvalue weighted by Crippen LogP contribution is 2.15. The van der Waals surface area contributed by atoms with Crippen LogP contribution in [0.3, 0.4) is 0 Å². The molecule has 2 nitrogen and oxygen atoms in total. The summed E-state index contributed by atoms with van der Waals surface area (Å²) < 4.78 is 0.871. The van der Waals surface area contributed by atoms with Crippen LogP contribution in [0.2, 0.25) is 5.15 Å². The normalized spacial score (nSPS) is 10.5. The Morgan fingerprint density at radius 1 is 1.64 bits per heavy atom. The summed E-state index contributed by atoms with van der Waals surface area (Å²) >= 11 is 7.91. The number of H-pyrrole nitrogens is 1. The number of aryl methyl sites for hydroxylation is 1. The van der Waals surface area contributed by atoms with Gasteiger partial charge >= 0.3 is 0 Å². The van der Waals surface area contributed by atoms with Gasteiger partial charge < -0.3 is 4.98 Å². The fraction of sp³-hybridized carbons (Fsp3) is 0.571. The van der Waals surface area contributed by atoms with E-state index in [0.29, 0.717) is 5.15 Å². The quantitative estimate of drug-likeness (QED) is 0.849. The average molecular weight is 285 g/mol. The van der Waals surface area contributed by atoms with Crippen LogP contribution in [-0.2, 0) is 6.42 Å². The van der Waals surface area contributed by atoms with Crippen LogP contribution in [0.25, 0.3) is 0 Å². The molecule has 0 aliphatic carbocycles. The molecule has 0 bridgehead atoms. The average Bonchev–Trinajstić information content (AvgIpc) is 2.28. The summed E-state index contributed by atoms with van der Waals surface area (Å²) in [5.74, 6) is 1.00. The minimum atomic E-state index is 0.664. The molecule has 1 aromatic rings. The molecule has 11 heavy (non-hydrogen) atoms. The lowest BCUT2D eigenvalue weighted by molar-refractivity contribution is 0.762. The summed E-state index contributed by atoms with van der Waals surface area (Å²) in [4.78, 5) is 7.27. The van der Waals surface area contributed by atoms with E-state index in [0.717, 1.165) is 15.9 Å². The molecular weight excluding hydrogens is 274 g/mol. The van der Waals surface area contributed by atoms with Gasteiger partial charge in [-0.15, -0.1) is 0 Å². The largest absolute Gasteiger partial charge is 0.332 e. The van der Waals surface area contributed by atoms with Crippen molar-refractivity contribution in [3.05, 3.63) is 14.7 Å². The van der Waals surface area contributed by atoms with Gasteiger partial charge in [-0.3, -0.25) is 0 Å². The summed E-state index contributed by atoms with van der Waals surface area (Å²) in [7, 11) is 0. The maximum absolute atomic E-state index is 5.78. The van der Waals surface area contributed by atoms with Crippen LogP contribution in [0.5, 0.6) is 0 Å². The molecule has 0 fully saturated rings. The van der Waals surface area contributed by atoms with Gasteiger partial charge in [-0.1, -0.05) is 24.9 Å². The molecule has 1 rings (SSSR count). The SMILES string of the molecule is CCCCc1nc(I)c(Cl)[nH]1. The second kappa shape index (κ2) is 4.30. The fourth-order valence-electron chi connectivity index (χ4n) is 0.836. The predicted molar refractivity (Wildman–Crippen MR) is 54.9 cm³/mol. The lowest BCUT2D eigenvalue weighted by Gasteiger charge is -1.90. The molecule has 1 N–H and O–H groups in total. The number of nitrogens with zero attached hydrogens (tertiary/aromatic N) is 1. The molecule has 0 radical (unpaired) electrons. The van der Waals surface area contributed by atoms with Crippen molar-refractivity contribution < 1.29 is 0 Å². The molecule has 0 saturated heterocycles. The smallest absolute Gasteiger partial charge is 0.139 e. The molecule has 1 heterocycles. The first-order valence-electron chi connectivity index (χ1n) is 3.64. The Balaban J connectivity index is 2.58. The Bertz CT molecular complexity index is 215. The van der Waals surface area contributed by atoms with Crippen molar-refractivity contribution in [3.8, 4) is 0 Å². The van der Waals surface area contributed by atoms with E-state index in [1.54, 1.807) is 0 Å². The van der Waals surface area contributed by atoms with Gasteiger partial charge in [0.2, 0.25) is 0 Å². The monoisotopic (exact) mass is 284 g/mol. The molecule has 0 aromatic carbocycles. The van der Waals surface area contributed by atoms with Crippen LogP contribution in [0.15, 0.2) is 0 Å². The first-order chi connectivity index (χ1) is 5.24. The minimum absolute atomic E-state index is 0.664. The molecule has 0 unspecified atom stereocenters. The van der Waals surface area contributed by atoms with E-state index < -0.39 is 0 Å². The second-order valence-corrected chi connectivity index (χ2v) is 3.79. The number of unbranched alkanes of at least 4 members (excludes halogenated alkanes) is 1. The van der Waals surface area contributed by atoms with Crippen LogP contribution in [0.4, 0.5) is 0 Å². The molecule has 1 aromatic heterocycles. The highest BCUT2D eigenvalue weighted by Gasteiger charge is 2.03. The van der Waals surface area contributed by atoms with Crippen LogP contribution < -0.4 is 0 Å². The zero-order valence-corrected chi connectivity index (χ0v) is 9.24. The number of hydrogen-bond donors (Lipinski definition) is 1. The third-order valence-electron chi connectivity index (χ3n) is 1.44. The van der Waals surface area contributed by atoms with E-state index in [2.05, 4.69) is 39.5 Å². The van der Waals surface area contributed by atoms with Crippen molar-refractivity contribution in [1.82, 2.24) is 9.97 Å². The number of imidazole rings is 1. The van der Waals surface area contributed by atoms with Gasteiger partial charge in [-0.25, -0.2) is 4.98 Å². The molecule has 0 atom stereocenters. The van der Waals surface area contributed by atoms with E-state index in [-0.39, 0.29) is 0 Å². The zero-order valence-electron chi connectivity index (χ0n) is 6.32. The summed E-state index contributed by atoms with van der Waals surface area (Å²) in [5, 5.41) is 0.664. The fourth-order valence-corrected chi connectivity index (χ4v) is 1.41. The maximum atomic E-state index is 5.78. The molecule has 0 aliphatic heterocycles. The van der Waals surface area contributed by atoms with E-state index in [9.17, 15) is 0 Å². The van der Waals surface area contributed by atoms with Gasteiger partial charge in [-0.2, -0.15) is 0 Å². The maximum Gasteiger partial charge on any atom is 0.139 e. The molecule has 0 spiro atoms. The number of rotatable bonds is 3. The summed E-state index contributed by atoms with van der Waals surface area (Å²) in [6.45, 7) is 2.16. The third-order valence-corrected chi connectivity index (χ3v) is 2.81. The molecule has 0 aliphatic rings. The van der Waals surface area contributed by atoms with Crippen LogP contribution in [0, 0.1) is 3.70 Å². The molecule has 4 heteroatoms. The Hall–Kier alpha value is 0.230. The topological polar surface area (TPSA) is 28.7 Å². The predicted octanol–water partition coefficient (Wildman–Crippen LogP) is 3.01. The van der Waals surface area contributed by atoms with E-state index in [1.807, 2.05) is 0 Å². The Morgan fingerprint density at radius 3 is 2.82 bits per heavy atom. The van der Waals surface area contributed by atoms with Gasteiger partial charge in [-0.05, 0) is 29.0 Å². The van der Waals surface area contributed by atoms with Gasteiger partial charge in [0.05, 0.1) is 0 Å². The summed E-state index contributed by atoms with van der Waals surface area (Å²) in [6, 6.07) is 0. The molecular formula is C7H10ClIN2. The zero-order chi connectivity index (χ0) is 8.27. The molecule has 62 valence electrons. The third kappa shape index (κ3) is 2.63. The number of hydrogen-bond acceptors (Lipinski definition) is 1. The Morgan fingerprint density at radius 2 is 2.36 bits per heavy atom. The number of halogens is 2. The van der Waals surface area contributed by atoms with Crippen molar-refractivity contribution in [1.29, 1.82) is 0 Å². The van der Waals surface area contributed by atoms with Gasteiger partial charge in [0.1, 0.15) is 14.7 Å². The van der Waals surface area contributed by atoms with Gasteiger partial charge in [0, 0.05) is 6.42 Å². The summed E-state index contributed by atoms with van der Waals surface area (Å²) in [5.41, 5.74) is 0. The first kappa shape index (κ1) is 9.32. The number of nitrogens with one attached hydrogen (secondary N) is 1. The lowest BCUT2D eigenvalue weighted by Crippen LogP contribution is -1.86. The first-order valence-corrected chi connectivity index (χ1v) is 5.09. The van der Waals surface area contributed by atoms with Crippen LogP contribution in [0.1, 0.15) is 25.6 Å². The Kier molecular flexibility index (Phi) is 3.65. The van der Waals surface area contributed by atoms with Crippen LogP contribution in [-0.4, -0.2) is 9.97 Å². The second-order valence-electron chi connectivity index (χ2n) is 2.39. The molecule has 0 amide bonds. The van der Waals surface area contributed by atoms with Crippen molar-refractivity contribution >= 4 is 34.2 Å². The standard InChI is InChI=1S/C7H10ClIN2/c1-2-3-4-5-10-6(8)7(9)11-5/h2-4H2,1H3,(H,10,11). The number of aromatic nitrogens is 2. The van der Waals surface area contributed by atoms with E-state index in [4.69, 9.17) is 11.6 Å². The van der Waals surface area contributed by atoms with Gasteiger partial charge in [0.15, 0.2) is 0 Å². The van der Waals surface area contributed by atoms with Crippen molar-refractivity contribution in [3.63, 3.8) is 0 Å². The lowest BCUT2D eigenvalue weighted by atomic mass is 10.2. The number of aromatic amines is 1. The van der Waals surface area contributed by atoms with Crippen molar-refractivity contribution in [2.75, 3.05) is 0 Å². The van der Waals surface area contributed by atoms with E-state index >= 15 is 0 Å². The van der Waals surface area contributed by atoms with Crippen molar-refractivity contribution in [2.45, 2.75) is 26.2 Å². The van der Waals surface area contributed by atoms with Gasteiger partial charge in [0.25, 0.3) is 0 Å². The van der Waals surface area contributed by atoms with E-state index in [1.165, 1.54) is 12.8 Å². The van der Waals surface area contributed by atoms with Crippen LogP contribution >= 0.6 is 34.2 Å². The highest BCUT2D eigenvalue weighted by molar-refractivity contribution is 14.1. The molecule has 0 saturated carbocycles.